The molecule has 0 amide bonds. The summed E-state index contributed by atoms with van der Waals surface area (Å²) in [6, 6.07) is 4.37. The van der Waals surface area contributed by atoms with Crippen molar-refractivity contribution in [1.29, 1.82) is 0 Å². The van der Waals surface area contributed by atoms with Crippen LogP contribution in [0.15, 0.2) is 27.9 Å². The number of fused-ring (bicyclic) bond motifs is 1. The molecule has 222 valence electrons. The molecule has 0 aliphatic carbocycles. The molecule has 2 heterocycles. The van der Waals surface area contributed by atoms with E-state index in [1.807, 2.05) is 6.92 Å². The van der Waals surface area contributed by atoms with Crippen LogP contribution in [0.3, 0.4) is 0 Å². The second kappa shape index (κ2) is 14.7. The van der Waals surface area contributed by atoms with Gasteiger partial charge in [-0.3, -0.25) is 4.79 Å². The summed E-state index contributed by atoms with van der Waals surface area (Å²) < 4.78 is 35.3. The molecule has 0 aliphatic rings. The molecule has 0 spiro atoms. The second-order valence-corrected chi connectivity index (χ2v) is 11.9. The van der Waals surface area contributed by atoms with Crippen LogP contribution >= 0.6 is 0 Å². The van der Waals surface area contributed by atoms with E-state index in [0.29, 0.717) is 29.1 Å². The van der Waals surface area contributed by atoms with Gasteiger partial charge in [0, 0.05) is 19.0 Å². The average Bonchev–Trinajstić information content (AvgIpc) is 3.28. The SMILES string of the molecule is CCCCCCC(CC)c1nc(C)c2c(=O)[nH]c(-c3cc(S(=O)(=O)N(CCO)CCO)ccc3OCCC)nn12. The number of aryl methyl sites for hydroxylation is 1. The average molecular weight is 578 g/mol. The van der Waals surface area contributed by atoms with Gasteiger partial charge in [-0.25, -0.2) is 17.9 Å². The van der Waals surface area contributed by atoms with Crippen molar-refractivity contribution in [3.63, 3.8) is 0 Å². The number of aromatic amines is 1. The number of sulfonamides is 1. The number of hydrogen-bond donors (Lipinski definition) is 3. The molecule has 0 bridgehead atoms. The van der Waals surface area contributed by atoms with E-state index >= 15 is 0 Å². The third-order valence-electron chi connectivity index (χ3n) is 6.97. The summed E-state index contributed by atoms with van der Waals surface area (Å²) in [4.78, 5) is 20.8. The highest BCUT2D eigenvalue weighted by Crippen LogP contribution is 2.32. The van der Waals surface area contributed by atoms with E-state index in [4.69, 9.17) is 14.8 Å². The molecule has 0 saturated carbocycles. The van der Waals surface area contributed by atoms with Crippen molar-refractivity contribution in [3.8, 4) is 17.1 Å². The Balaban J connectivity index is 2.18. The summed E-state index contributed by atoms with van der Waals surface area (Å²) in [7, 11) is -4.06. The lowest BCUT2D eigenvalue weighted by molar-refractivity contribution is 0.217. The van der Waals surface area contributed by atoms with Crippen LogP contribution in [0.2, 0.25) is 0 Å². The first-order valence-corrected chi connectivity index (χ1v) is 15.7. The molecule has 1 unspecified atom stereocenters. The lowest BCUT2D eigenvalue weighted by atomic mass is 9.97. The van der Waals surface area contributed by atoms with E-state index in [9.17, 15) is 23.4 Å². The maximum atomic E-state index is 13.4. The molecule has 0 fully saturated rings. The molecule has 1 aromatic carbocycles. The van der Waals surface area contributed by atoms with Crippen LogP contribution in [0, 0.1) is 6.92 Å². The van der Waals surface area contributed by atoms with Crippen LogP contribution in [0.1, 0.15) is 83.2 Å². The van der Waals surface area contributed by atoms with Gasteiger partial charge in [-0.1, -0.05) is 46.5 Å². The summed E-state index contributed by atoms with van der Waals surface area (Å²) in [5, 5.41) is 23.6. The van der Waals surface area contributed by atoms with Crippen LogP contribution in [-0.2, 0) is 10.0 Å². The number of aliphatic hydroxyl groups is 2. The number of rotatable bonds is 17. The Morgan fingerprint density at radius 2 is 1.80 bits per heavy atom. The largest absolute Gasteiger partial charge is 0.493 e. The summed E-state index contributed by atoms with van der Waals surface area (Å²) in [6.45, 7) is 7.30. The normalized spacial score (nSPS) is 12.9. The molecule has 12 heteroatoms. The van der Waals surface area contributed by atoms with Crippen molar-refractivity contribution in [1.82, 2.24) is 23.9 Å². The van der Waals surface area contributed by atoms with Crippen LogP contribution in [-0.4, -0.2) is 75.4 Å². The molecule has 3 rings (SSSR count). The van der Waals surface area contributed by atoms with E-state index in [2.05, 4.69) is 18.8 Å². The van der Waals surface area contributed by atoms with Crippen LogP contribution in [0.25, 0.3) is 16.9 Å². The van der Waals surface area contributed by atoms with Crippen LogP contribution in [0.4, 0.5) is 0 Å². The summed E-state index contributed by atoms with van der Waals surface area (Å²) >= 11 is 0. The van der Waals surface area contributed by atoms with Crippen molar-refractivity contribution in [2.75, 3.05) is 32.9 Å². The maximum absolute atomic E-state index is 13.4. The number of nitrogens with one attached hydrogen (secondary N) is 1. The number of unbranched alkanes of at least 4 members (excludes halogenated alkanes) is 3. The Labute approximate surface area is 236 Å². The van der Waals surface area contributed by atoms with Gasteiger partial charge in [0.05, 0.1) is 36.0 Å². The second-order valence-electron chi connectivity index (χ2n) is 9.93. The molecule has 1 atom stereocenters. The maximum Gasteiger partial charge on any atom is 0.277 e. The number of ether oxygens (including phenoxy) is 1. The smallest absolute Gasteiger partial charge is 0.277 e. The highest BCUT2D eigenvalue weighted by atomic mass is 32.2. The summed E-state index contributed by atoms with van der Waals surface area (Å²) in [5.41, 5.74) is 0.890. The number of H-pyrrole nitrogens is 1. The predicted molar refractivity (Wildman–Crippen MR) is 154 cm³/mol. The monoisotopic (exact) mass is 577 g/mol. The topological polar surface area (TPSA) is 150 Å². The Morgan fingerprint density at radius 1 is 1.07 bits per heavy atom. The van der Waals surface area contributed by atoms with Gasteiger partial charge in [0.15, 0.2) is 11.3 Å². The van der Waals surface area contributed by atoms with Gasteiger partial charge in [-0.05, 0) is 44.4 Å². The number of aromatic nitrogens is 4. The van der Waals surface area contributed by atoms with Crippen molar-refractivity contribution < 1.29 is 23.4 Å². The van der Waals surface area contributed by atoms with Gasteiger partial charge in [0.1, 0.15) is 11.6 Å². The molecule has 11 nitrogen and oxygen atoms in total. The Morgan fingerprint density at radius 3 is 2.42 bits per heavy atom. The van der Waals surface area contributed by atoms with Crippen molar-refractivity contribution in [2.45, 2.75) is 83.5 Å². The molecule has 0 saturated heterocycles. The van der Waals surface area contributed by atoms with Crippen molar-refractivity contribution in [3.05, 3.63) is 40.1 Å². The van der Waals surface area contributed by atoms with E-state index in [-0.39, 0.29) is 35.3 Å². The lowest BCUT2D eigenvalue weighted by Gasteiger charge is -2.21. The van der Waals surface area contributed by atoms with E-state index in [0.717, 1.165) is 48.7 Å². The highest BCUT2D eigenvalue weighted by Gasteiger charge is 2.27. The molecule has 40 heavy (non-hydrogen) atoms. The molecule has 0 aliphatic heterocycles. The van der Waals surface area contributed by atoms with Gasteiger partial charge in [0.2, 0.25) is 10.0 Å². The Bertz CT molecular complexity index is 1410. The number of aliphatic hydroxyl groups excluding tert-OH is 2. The first kappa shape index (κ1) is 31.7. The third-order valence-corrected chi connectivity index (χ3v) is 8.86. The Hall–Kier alpha value is -2.80. The van der Waals surface area contributed by atoms with Crippen LogP contribution < -0.4 is 10.3 Å². The van der Waals surface area contributed by atoms with Gasteiger partial charge in [-0.2, -0.15) is 4.31 Å². The third kappa shape index (κ3) is 7.09. The van der Waals surface area contributed by atoms with E-state index in [1.54, 1.807) is 17.5 Å². The molecule has 2 aromatic heterocycles. The highest BCUT2D eigenvalue weighted by molar-refractivity contribution is 7.89. The minimum atomic E-state index is -4.06. The minimum Gasteiger partial charge on any atom is -0.493 e. The van der Waals surface area contributed by atoms with Crippen molar-refractivity contribution in [2.24, 2.45) is 0 Å². The lowest BCUT2D eigenvalue weighted by Crippen LogP contribution is -2.35. The molecular weight excluding hydrogens is 534 g/mol. The Kier molecular flexibility index (Phi) is 11.7. The zero-order valence-electron chi connectivity index (χ0n) is 24.0. The van der Waals surface area contributed by atoms with Crippen molar-refractivity contribution >= 4 is 15.5 Å². The van der Waals surface area contributed by atoms with Gasteiger partial charge < -0.3 is 19.9 Å². The minimum absolute atomic E-state index is 0.0691. The van der Waals surface area contributed by atoms with Gasteiger partial charge in [-0.15, -0.1) is 5.10 Å². The first-order valence-electron chi connectivity index (χ1n) is 14.2. The quantitative estimate of drug-likeness (QED) is 0.206. The molecule has 3 N–H and O–H groups in total. The number of nitrogens with zero attached hydrogens (tertiary/aromatic N) is 4. The number of imidazole rings is 1. The fourth-order valence-electron chi connectivity index (χ4n) is 4.83. The zero-order valence-corrected chi connectivity index (χ0v) is 24.8. The van der Waals surface area contributed by atoms with E-state index < -0.39 is 23.2 Å². The standard InChI is InChI=1S/C28H43N5O6S/c1-5-8-9-10-11-21(7-3)27-29-20(4)25-28(36)30-26(31-33(25)27)23-19-22(12-13-24(23)39-18-6-2)40(37,38)32(14-16-34)15-17-35/h12-13,19,21,34-35H,5-11,14-18H2,1-4H3,(H,30,31,36). The number of benzene rings is 1. The fourth-order valence-corrected chi connectivity index (χ4v) is 6.28. The molecule has 3 aromatic rings. The zero-order chi connectivity index (χ0) is 29.3. The summed E-state index contributed by atoms with van der Waals surface area (Å²) in [5.74, 6) is 1.38. The van der Waals surface area contributed by atoms with Gasteiger partial charge >= 0.3 is 0 Å². The van der Waals surface area contributed by atoms with E-state index in [1.165, 1.54) is 18.6 Å². The number of hydrogen-bond acceptors (Lipinski definition) is 8. The predicted octanol–water partition coefficient (Wildman–Crippen LogP) is 3.62. The molecular formula is C28H43N5O6S. The van der Waals surface area contributed by atoms with Gasteiger partial charge in [0.25, 0.3) is 5.56 Å². The summed E-state index contributed by atoms with van der Waals surface area (Å²) in [6.07, 6.45) is 7.03. The first-order chi connectivity index (χ1) is 19.2. The molecule has 0 radical (unpaired) electrons. The fraction of sp³-hybridized carbons (Fsp3) is 0.607. The van der Waals surface area contributed by atoms with Crippen LogP contribution in [0.5, 0.6) is 5.75 Å².